The minimum Gasteiger partial charge on any atom is -0.206 e. The molecule has 0 amide bonds. The Morgan fingerprint density at radius 3 is 2.24 bits per heavy atom. The van der Waals surface area contributed by atoms with Crippen LogP contribution in [0, 0.1) is 11.3 Å². The van der Waals surface area contributed by atoms with Gasteiger partial charge in [-0.1, -0.05) is 42.5 Å². The summed E-state index contributed by atoms with van der Waals surface area (Å²) in [6, 6.07) is 17.7. The van der Waals surface area contributed by atoms with Gasteiger partial charge in [-0.2, -0.15) is 5.26 Å². The van der Waals surface area contributed by atoms with Gasteiger partial charge in [0.1, 0.15) is 5.83 Å². The van der Waals surface area contributed by atoms with E-state index in [0.717, 1.165) is 5.56 Å². The quantitative estimate of drug-likeness (QED) is 0.705. The molecular weight excluding hydrogens is 213 g/mol. The van der Waals surface area contributed by atoms with Crippen LogP contribution in [0.1, 0.15) is 16.7 Å². The van der Waals surface area contributed by atoms with Crippen molar-refractivity contribution >= 4 is 11.9 Å². The molecule has 2 heteroatoms. The highest BCUT2D eigenvalue weighted by atomic mass is 19.1. The Labute approximate surface area is 99.5 Å². The molecule has 0 unspecified atom stereocenters. The summed E-state index contributed by atoms with van der Waals surface area (Å²) < 4.78 is 13.8. The van der Waals surface area contributed by atoms with Gasteiger partial charge >= 0.3 is 0 Å². The van der Waals surface area contributed by atoms with Crippen LogP contribution in [-0.2, 0) is 0 Å². The molecule has 0 heterocycles. The third-order valence-electron chi connectivity index (χ3n) is 2.38. The van der Waals surface area contributed by atoms with Crippen molar-refractivity contribution in [1.29, 1.82) is 5.26 Å². The van der Waals surface area contributed by atoms with Crippen molar-refractivity contribution in [3.8, 4) is 6.07 Å². The number of nitriles is 1. The number of hydrogen-bond donors (Lipinski definition) is 0. The van der Waals surface area contributed by atoms with Gasteiger partial charge in [0, 0.05) is 5.56 Å². The minimum absolute atomic E-state index is 0.305. The van der Waals surface area contributed by atoms with Crippen molar-refractivity contribution in [3.63, 3.8) is 0 Å². The Morgan fingerprint density at radius 1 is 1.00 bits per heavy atom. The summed E-state index contributed by atoms with van der Waals surface area (Å²) in [4.78, 5) is 0. The van der Waals surface area contributed by atoms with E-state index in [-0.39, 0.29) is 5.83 Å². The summed E-state index contributed by atoms with van der Waals surface area (Å²) in [5.74, 6) is -0.305. The SMILES string of the molecule is N#Cc1ccc(/C(F)=C/c2ccccc2)cc1. The van der Waals surface area contributed by atoms with Crippen molar-refractivity contribution in [3.05, 3.63) is 71.3 Å². The summed E-state index contributed by atoms with van der Waals surface area (Å²) in [7, 11) is 0. The first-order chi connectivity index (χ1) is 8.29. The maximum Gasteiger partial charge on any atom is 0.131 e. The maximum atomic E-state index is 13.8. The molecule has 0 saturated carbocycles. The van der Waals surface area contributed by atoms with Crippen LogP contribution < -0.4 is 0 Å². The number of halogens is 1. The minimum atomic E-state index is -0.305. The van der Waals surface area contributed by atoms with Crippen LogP contribution in [0.25, 0.3) is 11.9 Å². The van der Waals surface area contributed by atoms with E-state index < -0.39 is 0 Å². The van der Waals surface area contributed by atoms with Crippen LogP contribution in [0.3, 0.4) is 0 Å². The summed E-state index contributed by atoms with van der Waals surface area (Å²) in [5.41, 5.74) is 1.82. The van der Waals surface area contributed by atoms with Gasteiger partial charge in [-0.3, -0.25) is 0 Å². The number of nitrogens with zero attached hydrogens (tertiary/aromatic N) is 1. The van der Waals surface area contributed by atoms with Crippen molar-refractivity contribution in [2.75, 3.05) is 0 Å². The molecule has 0 aliphatic rings. The summed E-state index contributed by atoms with van der Waals surface area (Å²) >= 11 is 0. The second kappa shape index (κ2) is 5.09. The predicted molar refractivity (Wildman–Crippen MR) is 66.6 cm³/mol. The van der Waals surface area contributed by atoms with Gasteiger partial charge in [0.25, 0.3) is 0 Å². The van der Waals surface area contributed by atoms with Gasteiger partial charge in [0.15, 0.2) is 0 Å². The molecule has 0 aliphatic heterocycles. The molecule has 0 spiro atoms. The molecule has 0 atom stereocenters. The summed E-state index contributed by atoms with van der Waals surface area (Å²) in [5, 5.41) is 8.64. The first-order valence-electron chi connectivity index (χ1n) is 5.22. The van der Waals surface area contributed by atoms with Gasteiger partial charge in [0.05, 0.1) is 11.6 Å². The summed E-state index contributed by atoms with van der Waals surface area (Å²) in [6.45, 7) is 0. The molecule has 2 rings (SSSR count). The van der Waals surface area contributed by atoms with Crippen LogP contribution in [-0.4, -0.2) is 0 Å². The molecule has 2 aromatic rings. The average Bonchev–Trinajstić information content (AvgIpc) is 2.40. The molecule has 0 aliphatic carbocycles. The van der Waals surface area contributed by atoms with Crippen molar-refractivity contribution in [2.24, 2.45) is 0 Å². The highest BCUT2D eigenvalue weighted by molar-refractivity contribution is 5.76. The van der Waals surface area contributed by atoms with E-state index in [2.05, 4.69) is 0 Å². The van der Waals surface area contributed by atoms with Gasteiger partial charge in [0.2, 0.25) is 0 Å². The van der Waals surface area contributed by atoms with E-state index in [1.165, 1.54) is 6.08 Å². The Bertz CT molecular complexity index is 562. The normalized spacial score (nSPS) is 10.9. The molecule has 0 saturated heterocycles. The average molecular weight is 223 g/mol. The molecule has 0 N–H and O–H groups in total. The van der Waals surface area contributed by atoms with Crippen LogP contribution in [0.5, 0.6) is 0 Å². The fourth-order valence-electron chi connectivity index (χ4n) is 1.48. The van der Waals surface area contributed by atoms with Crippen LogP contribution in [0.4, 0.5) is 4.39 Å². The van der Waals surface area contributed by atoms with E-state index in [4.69, 9.17) is 5.26 Å². The topological polar surface area (TPSA) is 23.8 Å². The Balaban J connectivity index is 2.28. The molecular formula is C15H10FN. The monoisotopic (exact) mass is 223 g/mol. The smallest absolute Gasteiger partial charge is 0.131 e. The Hall–Kier alpha value is -2.40. The van der Waals surface area contributed by atoms with Gasteiger partial charge in [-0.15, -0.1) is 0 Å². The molecule has 82 valence electrons. The maximum absolute atomic E-state index is 13.8. The Kier molecular flexibility index (Phi) is 3.32. The predicted octanol–water partition coefficient (Wildman–Crippen LogP) is 4.03. The van der Waals surface area contributed by atoms with Gasteiger partial charge in [-0.25, -0.2) is 4.39 Å². The third kappa shape index (κ3) is 2.79. The number of hydrogen-bond acceptors (Lipinski definition) is 1. The number of benzene rings is 2. The lowest BCUT2D eigenvalue weighted by molar-refractivity contribution is 0.765. The van der Waals surface area contributed by atoms with E-state index in [1.54, 1.807) is 24.3 Å². The Morgan fingerprint density at radius 2 is 1.65 bits per heavy atom. The fraction of sp³-hybridized carbons (Fsp3) is 0. The van der Waals surface area contributed by atoms with E-state index in [1.807, 2.05) is 36.4 Å². The molecule has 0 radical (unpaired) electrons. The largest absolute Gasteiger partial charge is 0.206 e. The van der Waals surface area contributed by atoms with Crippen molar-refractivity contribution in [1.82, 2.24) is 0 Å². The fourth-order valence-corrected chi connectivity index (χ4v) is 1.48. The zero-order valence-corrected chi connectivity index (χ0v) is 9.10. The highest BCUT2D eigenvalue weighted by Crippen LogP contribution is 2.19. The lowest BCUT2D eigenvalue weighted by atomic mass is 10.1. The second-order valence-corrected chi connectivity index (χ2v) is 3.59. The first kappa shape index (κ1) is 11.1. The van der Waals surface area contributed by atoms with Crippen molar-refractivity contribution < 1.29 is 4.39 Å². The molecule has 2 aromatic carbocycles. The molecule has 1 nitrogen and oxygen atoms in total. The lowest BCUT2D eigenvalue weighted by Crippen LogP contribution is -1.80. The van der Waals surface area contributed by atoms with Gasteiger partial charge < -0.3 is 0 Å². The number of rotatable bonds is 2. The van der Waals surface area contributed by atoms with Crippen LogP contribution >= 0.6 is 0 Å². The van der Waals surface area contributed by atoms with E-state index >= 15 is 0 Å². The highest BCUT2D eigenvalue weighted by Gasteiger charge is 2.00. The standard InChI is InChI=1S/C15H10FN/c16-15(10-12-4-2-1-3-5-12)14-8-6-13(11-17)7-9-14/h1-10H/b15-10-. The molecule has 0 bridgehead atoms. The molecule has 0 fully saturated rings. The zero-order valence-electron chi connectivity index (χ0n) is 9.10. The third-order valence-corrected chi connectivity index (χ3v) is 2.38. The summed E-state index contributed by atoms with van der Waals surface area (Å²) in [6.07, 6.45) is 1.47. The second-order valence-electron chi connectivity index (χ2n) is 3.59. The van der Waals surface area contributed by atoms with Gasteiger partial charge in [-0.05, 0) is 23.8 Å². The molecule has 0 aromatic heterocycles. The lowest BCUT2D eigenvalue weighted by Gasteiger charge is -1.98. The van der Waals surface area contributed by atoms with E-state index in [0.29, 0.717) is 11.1 Å². The first-order valence-corrected chi connectivity index (χ1v) is 5.22. The van der Waals surface area contributed by atoms with Crippen LogP contribution in [0.15, 0.2) is 54.6 Å². The molecule has 17 heavy (non-hydrogen) atoms. The van der Waals surface area contributed by atoms with E-state index in [9.17, 15) is 4.39 Å². The van der Waals surface area contributed by atoms with Crippen molar-refractivity contribution in [2.45, 2.75) is 0 Å². The van der Waals surface area contributed by atoms with Crippen LogP contribution in [0.2, 0.25) is 0 Å². The zero-order chi connectivity index (χ0) is 12.1.